The van der Waals surface area contributed by atoms with Crippen molar-refractivity contribution < 1.29 is 5.11 Å². The third kappa shape index (κ3) is 2.60. The number of fused-ring (bicyclic) bond motifs is 1. The van der Waals surface area contributed by atoms with Crippen molar-refractivity contribution in [1.82, 2.24) is 9.55 Å². The fourth-order valence-electron chi connectivity index (χ4n) is 2.75. The molecule has 19 heavy (non-hydrogen) atoms. The van der Waals surface area contributed by atoms with Gasteiger partial charge < -0.3 is 9.67 Å². The molecule has 1 aliphatic rings. The predicted molar refractivity (Wildman–Crippen MR) is 77.6 cm³/mol. The van der Waals surface area contributed by atoms with E-state index in [0.717, 1.165) is 42.1 Å². The lowest BCUT2D eigenvalue weighted by Gasteiger charge is -2.06. The molecule has 0 saturated heterocycles. The third-order valence-electron chi connectivity index (χ3n) is 3.92. The van der Waals surface area contributed by atoms with Gasteiger partial charge in [-0.15, -0.1) is 11.3 Å². The number of hydrogen-bond acceptors (Lipinski definition) is 3. The smallest absolute Gasteiger partial charge is 0.113 e. The van der Waals surface area contributed by atoms with Gasteiger partial charge in [0.15, 0.2) is 0 Å². The Morgan fingerprint density at radius 1 is 1.37 bits per heavy atom. The van der Waals surface area contributed by atoms with Gasteiger partial charge in [0.2, 0.25) is 0 Å². The fraction of sp³-hybridized carbons (Fsp3) is 0.533. The Labute approximate surface area is 117 Å². The lowest BCUT2D eigenvalue weighted by Crippen LogP contribution is -1.98. The summed E-state index contributed by atoms with van der Waals surface area (Å²) in [5, 5.41) is 11.3. The molecular weight excluding hydrogens is 256 g/mol. The standard InChI is InChI=1S/C15H20N2OS/c1-10-11(2)19-15(16-10)9-17-7-12-5-3-4-6-14(18)13(12)8-17/h7-8,14,18H,3-6,9H2,1-2H3. The number of rotatable bonds is 2. The average Bonchev–Trinajstić information content (AvgIpc) is 2.85. The first-order valence-corrected chi connectivity index (χ1v) is 7.74. The molecule has 2 aromatic heterocycles. The van der Waals surface area contributed by atoms with Crippen molar-refractivity contribution in [2.24, 2.45) is 0 Å². The highest BCUT2D eigenvalue weighted by molar-refractivity contribution is 7.11. The normalized spacial score (nSPS) is 19.2. The van der Waals surface area contributed by atoms with Crippen molar-refractivity contribution in [3.63, 3.8) is 0 Å². The number of nitrogens with zero attached hydrogens (tertiary/aromatic N) is 2. The van der Waals surface area contributed by atoms with Gasteiger partial charge in [0.05, 0.1) is 18.3 Å². The predicted octanol–water partition coefficient (Wildman–Crippen LogP) is 3.37. The molecule has 0 radical (unpaired) electrons. The van der Waals surface area contributed by atoms with Crippen LogP contribution in [0, 0.1) is 13.8 Å². The van der Waals surface area contributed by atoms with Crippen LogP contribution in [0.2, 0.25) is 0 Å². The summed E-state index contributed by atoms with van der Waals surface area (Å²) in [5.74, 6) is 0. The number of aliphatic hydroxyl groups excluding tert-OH is 1. The third-order valence-corrected chi connectivity index (χ3v) is 4.98. The summed E-state index contributed by atoms with van der Waals surface area (Å²) in [6.07, 6.45) is 8.32. The molecule has 0 aromatic carbocycles. The average molecular weight is 276 g/mol. The van der Waals surface area contributed by atoms with Crippen LogP contribution < -0.4 is 0 Å². The molecule has 0 amide bonds. The Morgan fingerprint density at radius 2 is 2.21 bits per heavy atom. The number of aliphatic hydroxyl groups is 1. The highest BCUT2D eigenvalue weighted by Crippen LogP contribution is 2.29. The summed E-state index contributed by atoms with van der Waals surface area (Å²) in [6, 6.07) is 0. The zero-order chi connectivity index (χ0) is 13.4. The molecule has 0 spiro atoms. The number of aromatic nitrogens is 2. The van der Waals surface area contributed by atoms with E-state index in [9.17, 15) is 5.11 Å². The van der Waals surface area contributed by atoms with Crippen molar-refractivity contribution in [2.75, 3.05) is 0 Å². The monoisotopic (exact) mass is 276 g/mol. The molecule has 1 N–H and O–H groups in total. The van der Waals surface area contributed by atoms with Gasteiger partial charge in [0, 0.05) is 22.8 Å². The van der Waals surface area contributed by atoms with E-state index in [1.165, 1.54) is 16.9 Å². The van der Waals surface area contributed by atoms with Crippen LogP contribution in [-0.2, 0) is 13.0 Å². The minimum Gasteiger partial charge on any atom is -0.388 e. The van der Waals surface area contributed by atoms with E-state index in [4.69, 9.17) is 0 Å². The van der Waals surface area contributed by atoms with E-state index in [0.29, 0.717) is 0 Å². The molecular formula is C15H20N2OS. The maximum Gasteiger partial charge on any atom is 0.113 e. The second-order valence-corrected chi connectivity index (χ2v) is 6.71. The van der Waals surface area contributed by atoms with Crippen LogP contribution in [0.15, 0.2) is 12.4 Å². The molecule has 1 atom stereocenters. The molecule has 2 aromatic rings. The first-order valence-electron chi connectivity index (χ1n) is 6.93. The minimum atomic E-state index is -0.279. The van der Waals surface area contributed by atoms with Gasteiger partial charge in [0.1, 0.15) is 5.01 Å². The van der Waals surface area contributed by atoms with E-state index in [-0.39, 0.29) is 6.10 Å². The van der Waals surface area contributed by atoms with E-state index in [1.54, 1.807) is 11.3 Å². The molecule has 0 aliphatic heterocycles. The molecule has 1 unspecified atom stereocenters. The van der Waals surface area contributed by atoms with Crippen molar-refractivity contribution in [3.05, 3.63) is 39.1 Å². The van der Waals surface area contributed by atoms with E-state index < -0.39 is 0 Å². The molecule has 4 heteroatoms. The summed E-state index contributed by atoms with van der Waals surface area (Å²) in [5.41, 5.74) is 3.58. The fourth-order valence-corrected chi connectivity index (χ4v) is 3.69. The van der Waals surface area contributed by atoms with E-state index in [1.807, 2.05) is 0 Å². The summed E-state index contributed by atoms with van der Waals surface area (Å²) >= 11 is 1.77. The SMILES string of the molecule is Cc1nc(Cn2cc3c(c2)C(O)CCCC3)sc1C. The highest BCUT2D eigenvalue weighted by atomic mass is 32.1. The highest BCUT2D eigenvalue weighted by Gasteiger charge is 2.18. The molecule has 0 bridgehead atoms. The van der Waals surface area contributed by atoms with Gasteiger partial charge >= 0.3 is 0 Å². The van der Waals surface area contributed by atoms with Gasteiger partial charge in [-0.05, 0) is 38.7 Å². The van der Waals surface area contributed by atoms with Crippen LogP contribution >= 0.6 is 11.3 Å². The van der Waals surface area contributed by atoms with Gasteiger partial charge in [-0.25, -0.2) is 4.98 Å². The van der Waals surface area contributed by atoms with Crippen LogP contribution in [0.3, 0.4) is 0 Å². The van der Waals surface area contributed by atoms with Gasteiger partial charge in [-0.1, -0.05) is 6.42 Å². The zero-order valence-corrected chi connectivity index (χ0v) is 12.3. The van der Waals surface area contributed by atoms with Gasteiger partial charge in [-0.2, -0.15) is 0 Å². The quantitative estimate of drug-likeness (QED) is 0.854. The summed E-state index contributed by atoms with van der Waals surface area (Å²) in [7, 11) is 0. The second kappa shape index (κ2) is 5.10. The molecule has 0 fully saturated rings. The second-order valence-electron chi connectivity index (χ2n) is 5.42. The molecule has 102 valence electrons. The van der Waals surface area contributed by atoms with Crippen molar-refractivity contribution in [1.29, 1.82) is 0 Å². The Bertz CT molecular complexity index is 565. The Kier molecular flexibility index (Phi) is 3.46. The van der Waals surface area contributed by atoms with Crippen LogP contribution in [0.1, 0.15) is 52.1 Å². The summed E-state index contributed by atoms with van der Waals surface area (Å²) in [4.78, 5) is 5.88. The summed E-state index contributed by atoms with van der Waals surface area (Å²) in [6.45, 7) is 4.99. The van der Waals surface area contributed by atoms with Crippen molar-refractivity contribution in [2.45, 2.75) is 52.2 Å². The number of aryl methyl sites for hydroxylation is 3. The Morgan fingerprint density at radius 3 is 2.95 bits per heavy atom. The molecule has 3 nitrogen and oxygen atoms in total. The zero-order valence-electron chi connectivity index (χ0n) is 11.5. The van der Waals surface area contributed by atoms with Crippen LogP contribution in [0.25, 0.3) is 0 Å². The van der Waals surface area contributed by atoms with Crippen molar-refractivity contribution in [3.8, 4) is 0 Å². The van der Waals surface area contributed by atoms with E-state index >= 15 is 0 Å². The minimum absolute atomic E-state index is 0.279. The first kappa shape index (κ1) is 12.9. The van der Waals surface area contributed by atoms with Crippen LogP contribution in [0.5, 0.6) is 0 Å². The topological polar surface area (TPSA) is 38.0 Å². The lowest BCUT2D eigenvalue weighted by molar-refractivity contribution is 0.166. The summed E-state index contributed by atoms with van der Waals surface area (Å²) < 4.78 is 2.18. The van der Waals surface area contributed by atoms with Gasteiger partial charge in [-0.3, -0.25) is 0 Å². The molecule has 1 aliphatic carbocycles. The molecule has 0 saturated carbocycles. The van der Waals surface area contributed by atoms with Crippen LogP contribution in [-0.4, -0.2) is 14.7 Å². The maximum absolute atomic E-state index is 10.1. The Hall–Kier alpha value is -1.13. The number of hydrogen-bond donors (Lipinski definition) is 1. The maximum atomic E-state index is 10.1. The lowest BCUT2D eigenvalue weighted by atomic mass is 10.1. The van der Waals surface area contributed by atoms with E-state index in [2.05, 4.69) is 35.8 Å². The Balaban J connectivity index is 1.84. The van der Waals surface area contributed by atoms with Gasteiger partial charge in [0.25, 0.3) is 0 Å². The van der Waals surface area contributed by atoms with Crippen molar-refractivity contribution >= 4 is 11.3 Å². The molecule has 2 heterocycles. The number of thiazole rings is 1. The largest absolute Gasteiger partial charge is 0.388 e. The molecule has 3 rings (SSSR count). The first-order chi connectivity index (χ1) is 9.13. The van der Waals surface area contributed by atoms with Crippen LogP contribution in [0.4, 0.5) is 0 Å².